The number of nitrogens with zero attached hydrogens (tertiary/aromatic N) is 1. The van der Waals surface area contributed by atoms with E-state index < -0.39 is 0 Å². The number of benzene rings is 1. The Labute approximate surface area is 125 Å². The van der Waals surface area contributed by atoms with Crippen LogP contribution in [0, 0.1) is 0 Å². The Hall–Kier alpha value is -0.900. The van der Waals surface area contributed by atoms with Gasteiger partial charge in [-0.05, 0) is 0 Å². The van der Waals surface area contributed by atoms with Gasteiger partial charge in [0.15, 0.2) is 5.76 Å². The van der Waals surface area contributed by atoms with E-state index >= 15 is 0 Å². The van der Waals surface area contributed by atoms with Gasteiger partial charge in [-0.2, -0.15) is 0 Å². The van der Waals surface area contributed by atoms with Gasteiger partial charge in [-0.15, -0.1) is 24.0 Å². The topological polar surface area (TPSA) is 18.5 Å². The molecule has 1 aliphatic heterocycles. The highest BCUT2D eigenvalue weighted by Crippen LogP contribution is 2.18. The Balaban J connectivity index is 0.00000180. The molecule has 0 bridgehead atoms. The number of hydrogen-bond acceptors (Lipinski definition) is 2. The molecule has 3 nitrogen and oxygen atoms in total. The maximum absolute atomic E-state index is 5.93. The Bertz CT molecular complexity index is 411. The van der Waals surface area contributed by atoms with Crippen LogP contribution < -0.4 is 0 Å². The van der Waals surface area contributed by atoms with Gasteiger partial charge in [0.25, 0.3) is 0 Å². The number of quaternary nitrogens is 1. The number of alkyl halides is 1. The van der Waals surface area contributed by atoms with Gasteiger partial charge in [-0.1, -0.05) is 30.3 Å². The molecule has 1 aromatic rings. The number of halogens is 2. The third-order valence-corrected chi connectivity index (χ3v) is 3.27. The summed E-state index contributed by atoms with van der Waals surface area (Å²) in [6.07, 6.45) is 1.70. The predicted octanol–water partition coefficient (Wildman–Crippen LogP) is 3.14. The fourth-order valence-electron chi connectivity index (χ4n) is 2.17. The van der Waals surface area contributed by atoms with Gasteiger partial charge in [-0.3, -0.25) is 0 Å². The Morgan fingerprint density at radius 2 is 1.95 bits per heavy atom. The maximum Gasteiger partial charge on any atom is 0.230 e. The summed E-state index contributed by atoms with van der Waals surface area (Å²) in [5, 5.41) is 0. The van der Waals surface area contributed by atoms with E-state index in [1.807, 2.05) is 6.07 Å². The van der Waals surface area contributed by atoms with Crippen LogP contribution in [0.1, 0.15) is 5.56 Å². The Morgan fingerprint density at radius 1 is 1.21 bits per heavy atom. The number of ether oxygens (including phenoxy) is 2. The molecular formula is C14H20Cl2NO2+. The number of rotatable bonds is 6. The lowest BCUT2D eigenvalue weighted by Gasteiger charge is -2.33. The van der Waals surface area contributed by atoms with Crippen molar-refractivity contribution in [3.05, 3.63) is 47.9 Å². The molecule has 0 spiro atoms. The van der Waals surface area contributed by atoms with Crippen LogP contribution in [0.15, 0.2) is 42.4 Å². The zero-order valence-electron chi connectivity index (χ0n) is 11.0. The van der Waals surface area contributed by atoms with Crippen molar-refractivity contribution in [3.63, 3.8) is 0 Å². The average molecular weight is 305 g/mol. The monoisotopic (exact) mass is 304 g/mol. The summed E-state index contributed by atoms with van der Waals surface area (Å²) in [6, 6.07) is 10.5. The molecular weight excluding hydrogens is 285 g/mol. The van der Waals surface area contributed by atoms with Crippen molar-refractivity contribution in [3.8, 4) is 0 Å². The largest absolute Gasteiger partial charge is 0.461 e. The van der Waals surface area contributed by atoms with Crippen molar-refractivity contribution in [1.82, 2.24) is 0 Å². The summed E-state index contributed by atoms with van der Waals surface area (Å²) in [5.41, 5.74) is 1.31. The molecule has 0 amide bonds. The molecule has 0 saturated heterocycles. The second-order valence-corrected chi connectivity index (χ2v) is 5.22. The molecule has 0 radical (unpaired) electrons. The van der Waals surface area contributed by atoms with Gasteiger partial charge < -0.3 is 14.0 Å². The fraction of sp³-hybridized carbons (Fsp3) is 0.429. The Morgan fingerprint density at radius 3 is 2.53 bits per heavy atom. The van der Waals surface area contributed by atoms with Crippen molar-refractivity contribution in [1.29, 1.82) is 0 Å². The van der Waals surface area contributed by atoms with Crippen molar-refractivity contribution >= 4 is 24.0 Å². The van der Waals surface area contributed by atoms with E-state index in [-0.39, 0.29) is 12.4 Å². The maximum atomic E-state index is 5.93. The van der Waals surface area contributed by atoms with Crippen LogP contribution in [0.25, 0.3) is 0 Å². The van der Waals surface area contributed by atoms with Crippen molar-refractivity contribution in [2.24, 2.45) is 0 Å². The third kappa shape index (κ3) is 4.94. The van der Waals surface area contributed by atoms with Crippen LogP contribution in [-0.4, -0.2) is 37.3 Å². The molecule has 0 aromatic heterocycles. The van der Waals surface area contributed by atoms with Crippen LogP contribution in [0.5, 0.6) is 0 Å². The first-order valence-corrected chi connectivity index (χ1v) is 6.62. The van der Waals surface area contributed by atoms with Gasteiger partial charge in [0.2, 0.25) is 6.79 Å². The SMILES string of the molecule is C[N+](CCCl)(CC1=COCO1)Cc1ccccc1.Cl. The van der Waals surface area contributed by atoms with Crippen molar-refractivity contribution < 1.29 is 14.0 Å². The minimum Gasteiger partial charge on any atom is -0.461 e. The summed E-state index contributed by atoms with van der Waals surface area (Å²) in [5.74, 6) is 1.54. The summed E-state index contributed by atoms with van der Waals surface area (Å²) >= 11 is 5.93. The lowest BCUT2D eigenvalue weighted by molar-refractivity contribution is -0.917. The molecule has 1 unspecified atom stereocenters. The van der Waals surface area contributed by atoms with E-state index in [4.69, 9.17) is 21.1 Å². The second kappa shape index (κ2) is 7.63. The molecule has 0 N–H and O–H groups in total. The average Bonchev–Trinajstić information content (AvgIpc) is 2.82. The lowest BCUT2D eigenvalue weighted by atomic mass is 10.2. The molecule has 1 aromatic carbocycles. The Kier molecular flexibility index (Phi) is 6.49. The van der Waals surface area contributed by atoms with Gasteiger partial charge >= 0.3 is 0 Å². The van der Waals surface area contributed by atoms with E-state index in [0.717, 1.165) is 29.9 Å². The third-order valence-electron chi connectivity index (χ3n) is 3.10. The highest BCUT2D eigenvalue weighted by atomic mass is 35.5. The van der Waals surface area contributed by atoms with Crippen molar-refractivity contribution in [2.45, 2.75) is 6.54 Å². The smallest absolute Gasteiger partial charge is 0.230 e. The van der Waals surface area contributed by atoms with Gasteiger partial charge in [-0.25, -0.2) is 0 Å². The summed E-state index contributed by atoms with van der Waals surface area (Å²) < 4.78 is 11.3. The summed E-state index contributed by atoms with van der Waals surface area (Å²) in [6.45, 7) is 2.98. The van der Waals surface area contributed by atoms with Gasteiger partial charge in [0.05, 0.1) is 19.5 Å². The second-order valence-electron chi connectivity index (χ2n) is 4.85. The summed E-state index contributed by atoms with van der Waals surface area (Å²) in [7, 11) is 2.19. The molecule has 0 aliphatic carbocycles. The normalized spacial score (nSPS) is 16.6. The zero-order valence-corrected chi connectivity index (χ0v) is 12.6. The first kappa shape index (κ1) is 16.2. The molecule has 5 heteroatoms. The fourth-order valence-corrected chi connectivity index (χ4v) is 2.58. The van der Waals surface area contributed by atoms with E-state index in [2.05, 4.69) is 31.3 Å². The highest BCUT2D eigenvalue weighted by Gasteiger charge is 2.25. The number of hydrogen-bond donors (Lipinski definition) is 0. The van der Waals surface area contributed by atoms with E-state index in [9.17, 15) is 0 Å². The van der Waals surface area contributed by atoms with E-state index in [1.165, 1.54) is 5.56 Å². The number of likely N-dealkylation sites (N-methyl/N-ethyl adjacent to an activating group) is 1. The first-order valence-electron chi connectivity index (χ1n) is 6.09. The van der Waals surface area contributed by atoms with Crippen LogP contribution in [0.3, 0.4) is 0 Å². The minimum absolute atomic E-state index is 0. The van der Waals surface area contributed by atoms with E-state index in [0.29, 0.717) is 12.7 Å². The van der Waals surface area contributed by atoms with Crippen LogP contribution in [0.4, 0.5) is 0 Å². The van der Waals surface area contributed by atoms with Crippen LogP contribution >= 0.6 is 24.0 Å². The van der Waals surface area contributed by atoms with E-state index in [1.54, 1.807) is 6.26 Å². The molecule has 1 atom stereocenters. The molecule has 1 heterocycles. The molecule has 19 heavy (non-hydrogen) atoms. The standard InChI is InChI=1S/C14H19ClNO2.ClH/c1-16(8-7-15,10-14-11-17-12-18-14)9-13-5-3-2-4-6-13;/h2-6,11H,7-10,12H2,1H3;1H/q+1;. The van der Waals surface area contributed by atoms with Crippen LogP contribution in [0.2, 0.25) is 0 Å². The molecule has 0 saturated carbocycles. The predicted molar refractivity (Wildman–Crippen MR) is 79.2 cm³/mol. The quantitative estimate of drug-likeness (QED) is 0.594. The minimum atomic E-state index is 0. The lowest BCUT2D eigenvalue weighted by Crippen LogP contribution is -2.46. The van der Waals surface area contributed by atoms with Crippen LogP contribution in [-0.2, 0) is 16.0 Å². The molecule has 0 fully saturated rings. The molecule has 2 rings (SSSR count). The van der Waals surface area contributed by atoms with Gasteiger partial charge in [0.1, 0.15) is 19.4 Å². The first-order chi connectivity index (χ1) is 8.72. The van der Waals surface area contributed by atoms with Crippen molar-refractivity contribution in [2.75, 3.05) is 32.8 Å². The molecule has 1 aliphatic rings. The van der Waals surface area contributed by atoms with Gasteiger partial charge in [0, 0.05) is 5.56 Å². The summed E-state index contributed by atoms with van der Waals surface area (Å²) in [4.78, 5) is 0. The molecule has 106 valence electrons. The highest BCUT2D eigenvalue weighted by molar-refractivity contribution is 6.17. The zero-order chi connectivity index (χ0) is 12.8.